The molecule has 0 aromatic carbocycles. The zero-order chi connectivity index (χ0) is 43.1. The Morgan fingerprint density at radius 3 is 1.16 bits per heavy atom. The first-order valence-corrected chi connectivity index (χ1v) is 17.3. The van der Waals surface area contributed by atoms with Gasteiger partial charge in [0, 0.05) is 6.07 Å². The minimum Gasteiger partial charge on any atom is -0.444 e. The highest BCUT2D eigenvalue weighted by Crippen LogP contribution is 2.31. The summed E-state index contributed by atoms with van der Waals surface area (Å²) < 4.78 is 26.1. The number of ether oxygens (including phenoxy) is 5. The van der Waals surface area contributed by atoms with Gasteiger partial charge in [0.1, 0.15) is 34.2 Å². The number of anilines is 3. The van der Waals surface area contributed by atoms with Crippen LogP contribution >= 0.6 is 23.2 Å². The van der Waals surface area contributed by atoms with E-state index < -0.39 is 63.4 Å². The van der Waals surface area contributed by atoms with Gasteiger partial charge in [0.25, 0.3) is 5.69 Å². The van der Waals surface area contributed by atoms with Crippen molar-refractivity contribution < 1.29 is 52.6 Å². The molecule has 2 heterocycles. The van der Waals surface area contributed by atoms with Crippen molar-refractivity contribution >= 4 is 76.7 Å². The van der Waals surface area contributed by atoms with Crippen LogP contribution in [0.1, 0.15) is 104 Å². The molecule has 0 atom stereocenters. The number of nitrogens with one attached hydrogen (secondary N) is 1. The maximum absolute atomic E-state index is 12.7. The molecule has 0 aliphatic rings. The number of carbonyl (C=O) groups is 5. The molecule has 55 heavy (non-hydrogen) atoms. The van der Waals surface area contributed by atoms with Crippen LogP contribution in [0.15, 0.2) is 24.5 Å². The second-order valence-electron chi connectivity index (χ2n) is 16.5. The van der Waals surface area contributed by atoms with Gasteiger partial charge in [0.05, 0.1) is 26.9 Å². The number of carbonyl (C=O) groups excluding carboxylic acids is 5. The maximum atomic E-state index is 12.7. The molecule has 306 valence electrons. The number of hydrogen-bond donors (Lipinski definition) is 1. The number of pyridine rings is 2. The van der Waals surface area contributed by atoms with E-state index in [1.54, 1.807) is 104 Å². The van der Waals surface area contributed by atoms with E-state index in [-0.39, 0.29) is 33.1 Å². The Kier molecular flexibility index (Phi) is 15.8. The van der Waals surface area contributed by atoms with E-state index in [9.17, 15) is 34.1 Å². The van der Waals surface area contributed by atoms with Crippen molar-refractivity contribution in [2.45, 2.75) is 132 Å². The van der Waals surface area contributed by atoms with Gasteiger partial charge in [-0.25, -0.2) is 33.9 Å². The highest BCUT2D eigenvalue weighted by molar-refractivity contribution is 6.35. The zero-order valence-electron chi connectivity index (χ0n) is 33.7. The van der Waals surface area contributed by atoms with Crippen molar-refractivity contribution in [3.63, 3.8) is 0 Å². The summed E-state index contributed by atoms with van der Waals surface area (Å²) in [5.74, 6) is -0.523. The summed E-state index contributed by atoms with van der Waals surface area (Å²) in [5.41, 5.74) is -4.40. The molecule has 0 unspecified atom stereocenters. The van der Waals surface area contributed by atoms with Crippen LogP contribution < -0.4 is 15.1 Å². The summed E-state index contributed by atoms with van der Waals surface area (Å²) in [5, 5.41) is 12.9. The van der Waals surface area contributed by atoms with Crippen LogP contribution in [0.5, 0.6) is 0 Å². The van der Waals surface area contributed by atoms with Gasteiger partial charge in [-0.05, 0) is 110 Å². The summed E-state index contributed by atoms with van der Waals surface area (Å²) in [4.78, 5) is 81.1. The van der Waals surface area contributed by atoms with Gasteiger partial charge in [-0.2, -0.15) is 9.80 Å². The summed E-state index contributed by atoms with van der Waals surface area (Å²) in [6.45, 7) is 24.8. The Morgan fingerprint density at radius 1 is 0.582 bits per heavy atom. The maximum Gasteiger partial charge on any atom is 0.425 e. The lowest BCUT2D eigenvalue weighted by Gasteiger charge is -2.28. The topological polar surface area (TPSA) is 219 Å². The molecule has 1 N–H and O–H groups in total. The van der Waals surface area contributed by atoms with E-state index in [2.05, 4.69) is 15.3 Å². The van der Waals surface area contributed by atoms with Crippen LogP contribution in [0, 0.1) is 10.1 Å². The van der Waals surface area contributed by atoms with Gasteiger partial charge in [-0.15, -0.1) is 0 Å². The Balaban J connectivity index is 0.000000559. The van der Waals surface area contributed by atoms with Crippen molar-refractivity contribution in [1.29, 1.82) is 0 Å². The number of halogens is 2. The largest absolute Gasteiger partial charge is 0.444 e. The normalized spacial score (nSPS) is 11.9. The lowest BCUT2D eigenvalue weighted by molar-refractivity contribution is -0.385. The average Bonchev–Trinajstić information content (AvgIpc) is 2.90. The number of nitro groups is 1. The monoisotopic (exact) mass is 816 g/mol. The lowest BCUT2D eigenvalue weighted by atomic mass is 10.2. The fourth-order valence-corrected chi connectivity index (χ4v) is 3.99. The van der Waals surface area contributed by atoms with Gasteiger partial charge < -0.3 is 23.7 Å². The minimum absolute atomic E-state index is 0.0831. The van der Waals surface area contributed by atoms with Gasteiger partial charge in [0.2, 0.25) is 0 Å². The number of amides is 5. The zero-order valence-corrected chi connectivity index (χ0v) is 35.2. The molecule has 2 aromatic heterocycles. The summed E-state index contributed by atoms with van der Waals surface area (Å²) >= 11 is 12.2. The van der Waals surface area contributed by atoms with Gasteiger partial charge in [-0.1, -0.05) is 23.2 Å². The molecule has 2 aromatic rings. The van der Waals surface area contributed by atoms with Crippen molar-refractivity contribution in [3.8, 4) is 0 Å². The molecule has 0 radical (unpaired) electrons. The second-order valence-corrected chi connectivity index (χ2v) is 17.3. The van der Waals surface area contributed by atoms with Crippen LogP contribution in [0.2, 0.25) is 10.0 Å². The minimum atomic E-state index is -1.06. The highest BCUT2D eigenvalue weighted by atomic mass is 35.5. The number of nitrogens with zero attached hydrogens (tertiary/aromatic N) is 5. The van der Waals surface area contributed by atoms with Gasteiger partial charge in [-0.3, -0.25) is 15.4 Å². The van der Waals surface area contributed by atoms with E-state index in [0.717, 1.165) is 12.3 Å². The van der Waals surface area contributed by atoms with Gasteiger partial charge >= 0.3 is 30.5 Å². The van der Waals surface area contributed by atoms with E-state index in [0.29, 0.717) is 9.80 Å². The van der Waals surface area contributed by atoms with Crippen molar-refractivity contribution in [1.82, 2.24) is 9.97 Å². The summed E-state index contributed by atoms with van der Waals surface area (Å²) in [6, 6.07) is 2.31. The van der Waals surface area contributed by atoms with Crippen LogP contribution in [0.3, 0.4) is 0 Å². The third-order valence-electron chi connectivity index (χ3n) is 5.21. The molecule has 0 bridgehead atoms. The molecule has 2 rings (SSSR count). The molecule has 0 aliphatic carbocycles. The Hall–Kier alpha value is -4.97. The number of hydrogen-bond acceptors (Lipinski definition) is 14. The predicted molar refractivity (Wildman–Crippen MR) is 205 cm³/mol. The molecule has 0 spiro atoms. The Labute approximate surface area is 330 Å². The fourth-order valence-electron chi connectivity index (χ4n) is 3.50. The van der Waals surface area contributed by atoms with E-state index in [4.69, 9.17) is 46.9 Å². The SMILES string of the molecule is CC(C)(C)OC(=O)N(C(=O)OC(C)(C)C)c1ncc([N+](=O)[O-])cc1Cl.CC(C)(C)OC(=O)Nc1cnc(N(C(=O)OC(C)(C)C)C(=O)OC(C)(C)C)c(Cl)c1. The van der Waals surface area contributed by atoms with Crippen LogP contribution in [-0.2, 0) is 23.7 Å². The highest BCUT2D eigenvalue weighted by Gasteiger charge is 2.37. The lowest BCUT2D eigenvalue weighted by Crippen LogP contribution is -2.44. The first-order valence-electron chi connectivity index (χ1n) is 16.6. The second kappa shape index (κ2) is 18.1. The van der Waals surface area contributed by atoms with Crippen molar-refractivity contribution in [2.24, 2.45) is 0 Å². The standard InChI is InChI=1S/C20H30ClN3O6.C15H20ClN3O6/c1-18(2,3)28-15(25)23-12-10-13(21)14(22-11-12)24(16(26)29-19(4,5)6)17(27)30-20(7,8)9;1-14(2,3)24-12(20)18(13(21)25-15(4,5)6)11-10(16)7-9(8-17-11)19(22)23/h10-11H,1-9H3,(H,23,25);7-8H,1-6H3. The quantitative estimate of drug-likeness (QED) is 0.172. The number of rotatable bonds is 4. The molecule has 20 heteroatoms. The van der Waals surface area contributed by atoms with E-state index >= 15 is 0 Å². The summed E-state index contributed by atoms with van der Waals surface area (Å²) in [6.07, 6.45) is -2.73. The molecule has 18 nitrogen and oxygen atoms in total. The van der Waals surface area contributed by atoms with Gasteiger partial charge in [0.15, 0.2) is 11.6 Å². The number of imide groups is 2. The molecular formula is C35H50Cl2N6O12. The van der Waals surface area contributed by atoms with Crippen LogP contribution in [-0.4, -0.2) is 73.4 Å². The fraction of sp³-hybridized carbons (Fsp3) is 0.571. The molecule has 0 saturated carbocycles. The molecule has 0 aliphatic heterocycles. The first-order chi connectivity index (χ1) is 24.6. The summed E-state index contributed by atoms with van der Waals surface area (Å²) in [7, 11) is 0. The smallest absolute Gasteiger partial charge is 0.425 e. The molecular weight excluding hydrogens is 767 g/mol. The average molecular weight is 818 g/mol. The third-order valence-corrected chi connectivity index (χ3v) is 5.77. The third kappa shape index (κ3) is 17.8. The number of aromatic nitrogens is 2. The molecule has 0 fully saturated rings. The Bertz CT molecular complexity index is 1700. The van der Waals surface area contributed by atoms with E-state index in [1.807, 2.05) is 0 Å². The van der Waals surface area contributed by atoms with Crippen molar-refractivity contribution in [3.05, 3.63) is 44.7 Å². The van der Waals surface area contributed by atoms with E-state index in [1.165, 1.54) is 12.3 Å². The van der Waals surface area contributed by atoms with Crippen LogP contribution in [0.25, 0.3) is 0 Å². The molecule has 5 amide bonds. The van der Waals surface area contributed by atoms with Crippen molar-refractivity contribution in [2.75, 3.05) is 15.1 Å². The molecule has 0 saturated heterocycles. The predicted octanol–water partition coefficient (Wildman–Crippen LogP) is 10.1. The Morgan fingerprint density at radius 2 is 0.891 bits per heavy atom. The van der Waals surface area contributed by atoms with Crippen LogP contribution in [0.4, 0.5) is 47.0 Å². The first kappa shape index (κ1) is 48.0.